The number of rotatable bonds is 5. The Morgan fingerprint density at radius 1 is 1.09 bits per heavy atom. The molecule has 0 bridgehead atoms. The van der Waals surface area contributed by atoms with Gasteiger partial charge >= 0.3 is 0 Å². The van der Waals surface area contributed by atoms with Crippen LogP contribution in [0.1, 0.15) is 42.9 Å². The first kappa shape index (κ1) is 20.9. The predicted octanol–water partition coefficient (Wildman–Crippen LogP) is 1.80. The Morgan fingerprint density at radius 2 is 1.88 bits per heavy atom. The number of fused-ring (bicyclic) bond motifs is 1. The fourth-order valence-electron chi connectivity index (χ4n) is 4.96. The van der Waals surface area contributed by atoms with E-state index in [0.717, 1.165) is 63.4 Å². The molecule has 2 aliphatic heterocycles. The normalized spacial score (nSPS) is 18.9. The topological polar surface area (TPSA) is 130 Å². The summed E-state index contributed by atoms with van der Waals surface area (Å²) in [5.74, 6) is 1.70. The molecule has 170 valence electrons. The first-order valence-corrected chi connectivity index (χ1v) is 11.2. The van der Waals surface area contributed by atoms with Crippen molar-refractivity contribution in [2.24, 2.45) is 0 Å². The van der Waals surface area contributed by atoms with E-state index in [4.69, 9.17) is 25.9 Å². The van der Waals surface area contributed by atoms with Crippen molar-refractivity contribution in [3.8, 4) is 5.75 Å². The van der Waals surface area contributed by atoms with E-state index in [1.165, 1.54) is 5.56 Å². The summed E-state index contributed by atoms with van der Waals surface area (Å²) in [5.41, 5.74) is 15.0. The van der Waals surface area contributed by atoms with E-state index in [1.807, 2.05) is 6.20 Å². The summed E-state index contributed by atoms with van der Waals surface area (Å²) in [6.07, 6.45) is 8.20. The number of nitrogens with zero attached hydrogens (tertiary/aromatic N) is 6. The lowest BCUT2D eigenvalue weighted by Gasteiger charge is -2.39. The van der Waals surface area contributed by atoms with Crippen molar-refractivity contribution < 1.29 is 9.47 Å². The van der Waals surface area contributed by atoms with Crippen molar-refractivity contribution >= 4 is 22.8 Å². The number of pyridine rings is 1. The molecule has 3 aromatic heterocycles. The Labute approximate surface area is 186 Å². The van der Waals surface area contributed by atoms with Gasteiger partial charge in [0.05, 0.1) is 19.9 Å². The average Bonchev–Trinajstić information content (AvgIpc) is 3.22. The van der Waals surface area contributed by atoms with Gasteiger partial charge < -0.3 is 25.8 Å². The second-order valence-corrected chi connectivity index (χ2v) is 8.57. The highest BCUT2D eigenvalue weighted by atomic mass is 16.5. The minimum Gasteiger partial charge on any atom is -0.495 e. The van der Waals surface area contributed by atoms with Gasteiger partial charge in [-0.3, -0.25) is 9.67 Å². The summed E-state index contributed by atoms with van der Waals surface area (Å²) in [5, 5.41) is 4.40. The predicted molar refractivity (Wildman–Crippen MR) is 121 cm³/mol. The highest BCUT2D eigenvalue weighted by Crippen LogP contribution is 2.33. The van der Waals surface area contributed by atoms with E-state index < -0.39 is 0 Å². The average molecular weight is 439 g/mol. The standard InChI is InChI=1S/C22H30N8O2/c1-31-19-10-15(14-2-6-29(7-3-14)16-4-8-32-9-5-16)11-25-18(19)13-30-20-17(12-26-30)27-22(24)28-21(20)23/h10-12,14,16H,2-9,13H2,1H3,(H4,23,24,27,28). The molecule has 0 unspecified atom stereocenters. The molecule has 2 aliphatic rings. The molecular weight excluding hydrogens is 408 g/mol. The molecule has 10 nitrogen and oxygen atoms in total. The maximum Gasteiger partial charge on any atom is 0.222 e. The lowest BCUT2D eigenvalue weighted by atomic mass is 9.89. The van der Waals surface area contributed by atoms with Crippen LogP contribution in [-0.4, -0.2) is 69.1 Å². The summed E-state index contributed by atoms with van der Waals surface area (Å²) in [4.78, 5) is 15.6. The van der Waals surface area contributed by atoms with Crippen molar-refractivity contribution in [1.29, 1.82) is 0 Å². The largest absolute Gasteiger partial charge is 0.495 e. The summed E-state index contributed by atoms with van der Waals surface area (Å²) >= 11 is 0. The first-order chi connectivity index (χ1) is 15.6. The summed E-state index contributed by atoms with van der Waals surface area (Å²) < 4.78 is 12.9. The third-order valence-corrected chi connectivity index (χ3v) is 6.71. The summed E-state index contributed by atoms with van der Waals surface area (Å²) in [7, 11) is 1.68. The van der Waals surface area contributed by atoms with Gasteiger partial charge in [-0.15, -0.1) is 0 Å². The van der Waals surface area contributed by atoms with Crippen LogP contribution in [0.3, 0.4) is 0 Å². The molecule has 4 N–H and O–H groups in total. The van der Waals surface area contributed by atoms with Gasteiger partial charge in [-0.05, 0) is 56.3 Å². The Hall–Kier alpha value is -2.98. The van der Waals surface area contributed by atoms with Crippen LogP contribution >= 0.6 is 0 Å². The van der Waals surface area contributed by atoms with Crippen LogP contribution in [0.2, 0.25) is 0 Å². The van der Waals surface area contributed by atoms with E-state index in [0.29, 0.717) is 35.4 Å². The van der Waals surface area contributed by atoms with Crippen molar-refractivity contribution in [3.05, 3.63) is 29.7 Å². The van der Waals surface area contributed by atoms with E-state index in [9.17, 15) is 0 Å². The Bertz CT molecular complexity index is 1090. The number of piperidine rings is 1. The molecule has 10 heteroatoms. The summed E-state index contributed by atoms with van der Waals surface area (Å²) in [6, 6.07) is 2.80. The second kappa shape index (κ2) is 8.87. The number of nitrogens with two attached hydrogens (primary N) is 2. The zero-order chi connectivity index (χ0) is 22.1. The van der Waals surface area contributed by atoms with Crippen LogP contribution in [0, 0.1) is 0 Å². The highest BCUT2D eigenvalue weighted by Gasteiger charge is 2.27. The van der Waals surface area contributed by atoms with E-state index >= 15 is 0 Å². The van der Waals surface area contributed by atoms with Crippen molar-refractivity contribution in [2.75, 3.05) is 44.9 Å². The molecule has 3 aromatic rings. The lowest BCUT2D eigenvalue weighted by Crippen LogP contribution is -2.43. The van der Waals surface area contributed by atoms with Crippen LogP contribution < -0.4 is 16.2 Å². The molecule has 2 fully saturated rings. The van der Waals surface area contributed by atoms with Gasteiger partial charge in [0.1, 0.15) is 22.5 Å². The van der Waals surface area contributed by atoms with Crippen LogP contribution in [0.4, 0.5) is 11.8 Å². The van der Waals surface area contributed by atoms with Gasteiger partial charge in [-0.25, -0.2) is 4.98 Å². The number of likely N-dealkylation sites (tertiary alicyclic amines) is 1. The van der Waals surface area contributed by atoms with Gasteiger partial charge in [0.25, 0.3) is 0 Å². The number of nitrogen functional groups attached to an aromatic ring is 2. The molecule has 0 spiro atoms. The fraction of sp³-hybridized carbons (Fsp3) is 0.545. The molecule has 0 saturated carbocycles. The third kappa shape index (κ3) is 4.07. The third-order valence-electron chi connectivity index (χ3n) is 6.71. The van der Waals surface area contributed by atoms with Crippen molar-refractivity contribution in [2.45, 2.75) is 44.2 Å². The highest BCUT2D eigenvalue weighted by molar-refractivity contribution is 5.85. The van der Waals surface area contributed by atoms with Gasteiger partial charge in [0.15, 0.2) is 5.82 Å². The number of hydrogen-bond acceptors (Lipinski definition) is 9. The quantitative estimate of drug-likeness (QED) is 0.612. The number of ether oxygens (including phenoxy) is 2. The maximum atomic E-state index is 6.06. The number of aromatic nitrogens is 5. The molecule has 5 rings (SSSR count). The van der Waals surface area contributed by atoms with Gasteiger partial charge in [-0.2, -0.15) is 10.1 Å². The van der Waals surface area contributed by atoms with Gasteiger partial charge in [-0.1, -0.05) is 0 Å². The van der Waals surface area contributed by atoms with E-state index in [2.05, 4.69) is 26.0 Å². The number of anilines is 2. The Morgan fingerprint density at radius 3 is 2.62 bits per heavy atom. The minimum absolute atomic E-state index is 0.137. The molecular formula is C22H30N8O2. The molecule has 0 aromatic carbocycles. The van der Waals surface area contributed by atoms with Crippen LogP contribution in [-0.2, 0) is 11.3 Å². The molecule has 32 heavy (non-hydrogen) atoms. The molecule has 2 saturated heterocycles. The monoisotopic (exact) mass is 438 g/mol. The van der Waals surface area contributed by atoms with Crippen LogP contribution in [0.25, 0.3) is 11.0 Å². The molecule has 5 heterocycles. The molecule has 0 amide bonds. The first-order valence-electron chi connectivity index (χ1n) is 11.2. The molecule has 0 aliphatic carbocycles. The molecule has 0 radical (unpaired) electrons. The molecule has 0 atom stereocenters. The zero-order valence-corrected chi connectivity index (χ0v) is 18.4. The van der Waals surface area contributed by atoms with Gasteiger partial charge in [0, 0.05) is 25.5 Å². The van der Waals surface area contributed by atoms with Crippen molar-refractivity contribution in [1.82, 2.24) is 29.6 Å². The van der Waals surface area contributed by atoms with Crippen LogP contribution in [0.15, 0.2) is 18.5 Å². The SMILES string of the molecule is COc1cc(C2CCN(C3CCOCC3)CC2)cnc1Cn1ncc2nc(N)nc(N)c21. The lowest BCUT2D eigenvalue weighted by molar-refractivity contribution is 0.0251. The van der Waals surface area contributed by atoms with Gasteiger partial charge in [0.2, 0.25) is 5.95 Å². The van der Waals surface area contributed by atoms with E-state index in [1.54, 1.807) is 18.0 Å². The van der Waals surface area contributed by atoms with Crippen LogP contribution in [0.5, 0.6) is 5.75 Å². The maximum absolute atomic E-state index is 6.06. The summed E-state index contributed by atoms with van der Waals surface area (Å²) in [6.45, 7) is 4.45. The van der Waals surface area contributed by atoms with E-state index in [-0.39, 0.29) is 5.95 Å². The smallest absolute Gasteiger partial charge is 0.222 e. The number of methoxy groups -OCH3 is 1. The minimum atomic E-state index is 0.137. The number of hydrogen-bond donors (Lipinski definition) is 2. The van der Waals surface area contributed by atoms with Crippen molar-refractivity contribution in [3.63, 3.8) is 0 Å². The fourth-order valence-corrected chi connectivity index (χ4v) is 4.96. The zero-order valence-electron chi connectivity index (χ0n) is 18.4. The second-order valence-electron chi connectivity index (χ2n) is 8.57. The Balaban J connectivity index is 1.31. The Kier molecular flexibility index (Phi) is 5.79.